The second-order valence-electron chi connectivity index (χ2n) is 5.53. The van der Waals surface area contributed by atoms with Crippen molar-refractivity contribution in [1.29, 1.82) is 0 Å². The Kier molecular flexibility index (Phi) is 5.41. The van der Waals surface area contributed by atoms with Crippen LogP contribution in [0.1, 0.15) is 39.0 Å². The molecule has 1 amide bonds. The summed E-state index contributed by atoms with van der Waals surface area (Å²) in [5.41, 5.74) is 7.15. The van der Waals surface area contributed by atoms with Crippen LogP contribution < -0.4 is 11.1 Å². The molecule has 0 radical (unpaired) electrons. The molecule has 110 valence electrons. The summed E-state index contributed by atoms with van der Waals surface area (Å²) in [6.45, 7) is 3.54. The maximum absolute atomic E-state index is 12.1. The summed E-state index contributed by atoms with van der Waals surface area (Å²) < 4.78 is 0. The number of likely N-dealkylation sites (N-methyl/N-ethyl adjacent to an activating group) is 1. The van der Waals surface area contributed by atoms with Gasteiger partial charge in [0.05, 0.1) is 6.54 Å². The van der Waals surface area contributed by atoms with E-state index < -0.39 is 0 Å². The number of benzene rings is 1. The molecule has 0 aliphatic heterocycles. The Hall–Kier alpha value is -1.55. The number of rotatable bonds is 5. The maximum atomic E-state index is 12.1. The van der Waals surface area contributed by atoms with Crippen molar-refractivity contribution in [3.05, 3.63) is 24.3 Å². The predicted molar refractivity (Wildman–Crippen MR) is 83.6 cm³/mol. The minimum Gasteiger partial charge on any atom is -0.399 e. The number of nitrogens with zero attached hydrogens (tertiary/aromatic N) is 1. The first kappa shape index (κ1) is 14.9. The first-order valence-electron chi connectivity index (χ1n) is 7.58. The van der Waals surface area contributed by atoms with Gasteiger partial charge in [0.15, 0.2) is 0 Å². The molecular formula is C16H25N3O. The summed E-state index contributed by atoms with van der Waals surface area (Å²) in [6.07, 6.45) is 6.37. The summed E-state index contributed by atoms with van der Waals surface area (Å²) in [5.74, 6) is 0.0576. The predicted octanol–water partition coefficient (Wildman–Crippen LogP) is 2.86. The molecule has 3 N–H and O–H groups in total. The lowest BCUT2D eigenvalue weighted by atomic mass is 9.94. The highest BCUT2D eigenvalue weighted by Gasteiger charge is 2.21. The van der Waals surface area contributed by atoms with Crippen LogP contribution in [0.25, 0.3) is 0 Å². The van der Waals surface area contributed by atoms with Crippen LogP contribution in [0.4, 0.5) is 11.4 Å². The van der Waals surface area contributed by atoms with E-state index in [1.807, 2.05) is 12.1 Å². The second-order valence-corrected chi connectivity index (χ2v) is 5.53. The molecule has 0 aromatic heterocycles. The summed E-state index contributed by atoms with van der Waals surface area (Å²) in [4.78, 5) is 14.4. The van der Waals surface area contributed by atoms with Gasteiger partial charge in [-0.1, -0.05) is 26.2 Å². The minimum absolute atomic E-state index is 0.0576. The van der Waals surface area contributed by atoms with Crippen LogP contribution in [0.2, 0.25) is 0 Å². The molecule has 0 spiro atoms. The Morgan fingerprint density at radius 1 is 1.25 bits per heavy atom. The zero-order valence-electron chi connectivity index (χ0n) is 12.3. The highest BCUT2D eigenvalue weighted by Crippen LogP contribution is 2.22. The molecule has 1 aromatic carbocycles. The van der Waals surface area contributed by atoms with E-state index in [0.717, 1.165) is 12.2 Å². The average molecular weight is 275 g/mol. The van der Waals surface area contributed by atoms with E-state index >= 15 is 0 Å². The number of nitrogens with one attached hydrogen (secondary N) is 1. The first-order valence-corrected chi connectivity index (χ1v) is 7.58. The van der Waals surface area contributed by atoms with Gasteiger partial charge in [0.1, 0.15) is 0 Å². The van der Waals surface area contributed by atoms with Crippen molar-refractivity contribution < 1.29 is 4.79 Å². The van der Waals surface area contributed by atoms with Crippen LogP contribution in [-0.2, 0) is 4.79 Å². The van der Waals surface area contributed by atoms with Crippen molar-refractivity contribution in [2.75, 3.05) is 24.1 Å². The Morgan fingerprint density at radius 2 is 1.90 bits per heavy atom. The van der Waals surface area contributed by atoms with Gasteiger partial charge in [0.2, 0.25) is 5.91 Å². The fourth-order valence-electron chi connectivity index (χ4n) is 2.90. The largest absolute Gasteiger partial charge is 0.399 e. The fraction of sp³-hybridized carbons (Fsp3) is 0.562. The van der Waals surface area contributed by atoms with Gasteiger partial charge in [0, 0.05) is 17.4 Å². The molecule has 1 fully saturated rings. The SMILES string of the molecule is CCN(CC(=O)Nc1ccc(N)cc1)C1CCCCC1. The van der Waals surface area contributed by atoms with Gasteiger partial charge in [-0.15, -0.1) is 0 Å². The molecule has 2 rings (SSSR count). The van der Waals surface area contributed by atoms with Gasteiger partial charge >= 0.3 is 0 Å². The summed E-state index contributed by atoms with van der Waals surface area (Å²) in [7, 11) is 0. The monoisotopic (exact) mass is 275 g/mol. The van der Waals surface area contributed by atoms with Crippen LogP contribution in [0.5, 0.6) is 0 Å². The summed E-state index contributed by atoms with van der Waals surface area (Å²) in [6, 6.07) is 7.85. The van der Waals surface area contributed by atoms with Gasteiger partial charge in [-0.3, -0.25) is 9.69 Å². The van der Waals surface area contributed by atoms with E-state index in [9.17, 15) is 4.79 Å². The minimum atomic E-state index is 0.0576. The van der Waals surface area contributed by atoms with E-state index in [1.54, 1.807) is 12.1 Å². The number of hydrogen-bond donors (Lipinski definition) is 2. The zero-order valence-corrected chi connectivity index (χ0v) is 12.3. The quantitative estimate of drug-likeness (QED) is 0.812. The highest BCUT2D eigenvalue weighted by molar-refractivity contribution is 5.92. The van der Waals surface area contributed by atoms with Gasteiger partial charge in [0.25, 0.3) is 0 Å². The Morgan fingerprint density at radius 3 is 2.50 bits per heavy atom. The van der Waals surface area contributed by atoms with Crippen molar-refractivity contribution >= 4 is 17.3 Å². The van der Waals surface area contributed by atoms with E-state index in [4.69, 9.17) is 5.73 Å². The fourth-order valence-corrected chi connectivity index (χ4v) is 2.90. The zero-order chi connectivity index (χ0) is 14.4. The van der Waals surface area contributed by atoms with E-state index in [1.165, 1.54) is 32.1 Å². The molecule has 1 aliphatic carbocycles. The first-order chi connectivity index (χ1) is 9.69. The van der Waals surface area contributed by atoms with E-state index in [0.29, 0.717) is 18.3 Å². The second kappa shape index (κ2) is 7.29. The topological polar surface area (TPSA) is 58.4 Å². The third-order valence-corrected chi connectivity index (χ3v) is 4.04. The van der Waals surface area contributed by atoms with Crippen LogP contribution >= 0.6 is 0 Å². The number of nitrogen functional groups attached to an aromatic ring is 1. The molecule has 0 heterocycles. The van der Waals surface area contributed by atoms with E-state index in [-0.39, 0.29) is 5.91 Å². The number of carbonyl (C=O) groups is 1. The molecule has 0 bridgehead atoms. The Bertz CT molecular complexity index is 424. The van der Waals surface area contributed by atoms with Crippen LogP contribution in [0.3, 0.4) is 0 Å². The number of hydrogen-bond acceptors (Lipinski definition) is 3. The van der Waals surface area contributed by atoms with E-state index in [2.05, 4.69) is 17.1 Å². The average Bonchev–Trinajstić information content (AvgIpc) is 2.48. The van der Waals surface area contributed by atoms with Gasteiger partial charge in [-0.05, 0) is 43.7 Å². The summed E-state index contributed by atoms with van der Waals surface area (Å²) >= 11 is 0. The Balaban J connectivity index is 1.86. The van der Waals surface area contributed by atoms with Gasteiger partial charge in [-0.25, -0.2) is 0 Å². The standard InChI is InChI=1S/C16H25N3O/c1-2-19(15-6-4-3-5-7-15)12-16(20)18-14-10-8-13(17)9-11-14/h8-11,15H,2-7,12,17H2,1H3,(H,18,20). The molecular weight excluding hydrogens is 250 g/mol. The van der Waals surface area contributed by atoms with Crippen molar-refractivity contribution in [1.82, 2.24) is 4.90 Å². The molecule has 4 heteroatoms. The van der Waals surface area contributed by atoms with Crippen molar-refractivity contribution in [2.24, 2.45) is 0 Å². The lowest BCUT2D eigenvalue weighted by Crippen LogP contribution is -2.41. The maximum Gasteiger partial charge on any atom is 0.238 e. The molecule has 1 aromatic rings. The number of nitrogens with two attached hydrogens (primary N) is 1. The number of anilines is 2. The number of amides is 1. The normalized spacial score (nSPS) is 16.3. The molecule has 20 heavy (non-hydrogen) atoms. The molecule has 1 aliphatic rings. The molecule has 0 saturated heterocycles. The molecule has 1 saturated carbocycles. The third kappa shape index (κ3) is 4.23. The highest BCUT2D eigenvalue weighted by atomic mass is 16.2. The Labute approximate surface area is 121 Å². The third-order valence-electron chi connectivity index (χ3n) is 4.04. The van der Waals surface area contributed by atoms with Crippen molar-refractivity contribution in [3.63, 3.8) is 0 Å². The van der Waals surface area contributed by atoms with Gasteiger partial charge < -0.3 is 11.1 Å². The van der Waals surface area contributed by atoms with Gasteiger partial charge in [-0.2, -0.15) is 0 Å². The molecule has 0 unspecified atom stereocenters. The number of carbonyl (C=O) groups excluding carboxylic acids is 1. The van der Waals surface area contributed by atoms with Crippen molar-refractivity contribution in [3.8, 4) is 0 Å². The van der Waals surface area contributed by atoms with Crippen LogP contribution in [0.15, 0.2) is 24.3 Å². The summed E-state index contributed by atoms with van der Waals surface area (Å²) in [5, 5.41) is 2.94. The smallest absolute Gasteiger partial charge is 0.238 e. The van der Waals surface area contributed by atoms with Crippen LogP contribution in [-0.4, -0.2) is 29.9 Å². The van der Waals surface area contributed by atoms with Crippen molar-refractivity contribution in [2.45, 2.75) is 45.1 Å². The lowest BCUT2D eigenvalue weighted by molar-refractivity contribution is -0.118. The molecule has 4 nitrogen and oxygen atoms in total. The molecule has 0 atom stereocenters. The van der Waals surface area contributed by atoms with Crippen LogP contribution in [0, 0.1) is 0 Å². The lowest BCUT2D eigenvalue weighted by Gasteiger charge is -2.32.